The number of aromatic nitrogens is 5. The molecule has 2 aromatic heterocycles. The molecule has 0 aliphatic heterocycles. The predicted molar refractivity (Wildman–Crippen MR) is 84.5 cm³/mol. The normalized spacial score (nSPS) is 11.0. The van der Waals surface area contributed by atoms with E-state index in [2.05, 4.69) is 36.0 Å². The van der Waals surface area contributed by atoms with Gasteiger partial charge in [-0.1, -0.05) is 27.7 Å². The van der Waals surface area contributed by atoms with Gasteiger partial charge in [-0.25, -0.2) is 0 Å². The van der Waals surface area contributed by atoms with Crippen LogP contribution in [0.5, 0.6) is 5.75 Å². The first-order valence-electron chi connectivity index (χ1n) is 5.90. The molecule has 0 fully saturated rings. The summed E-state index contributed by atoms with van der Waals surface area (Å²) in [5.74, 6) is 1.81. The molecule has 1 aromatic carbocycles. The number of ether oxygens (including phenoxy) is 1. The molecule has 0 saturated carbocycles. The zero-order valence-corrected chi connectivity index (χ0v) is 13.6. The Kier molecular flexibility index (Phi) is 3.68. The molecule has 0 radical (unpaired) electrons. The molecular formula is C12H11BrN6OS. The van der Waals surface area contributed by atoms with Gasteiger partial charge in [0.2, 0.25) is 5.95 Å². The molecule has 2 heterocycles. The van der Waals surface area contributed by atoms with Crippen LogP contribution in [0.15, 0.2) is 27.8 Å². The predicted octanol–water partition coefficient (Wildman–Crippen LogP) is 2.26. The number of nitrogens with zero attached hydrogens (tertiary/aromatic N) is 5. The first-order chi connectivity index (χ1) is 10.1. The van der Waals surface area contributed by atoms with E-state index in [1.807, 2.05) is 24.5 Å². The van der Waals surface area contributed by atoms with Crippen molar-refractivity contribution in [2.24, 2.45) is 0 Å². The van der Waals surface area contributed by atoms with E-state index in [9.17, 15) is 0 Å². The highest BCUT2D eigenvalue weighted by Crippen LogP contribution is 2.30. The number of rotatable bonds is 3. The number of anilines is 1. The molecule has 3 aromatic rings. The van der Waals surface area contributed by atoms with Crippen LogP contribution in [-0.4, -0.2) is 37.9 Å². The third-order valence-corrected chi connectivity index (χ3v) is 3.84. The van der Waals surface area contributed by atoms with Gasteiger partial charge in [0, 0.05) is 4.47 Å². The van der Waals surface area contributed by atoms with Crippen LogP contribution in [0.25, 0.3) is 17.2 Å². The molecule has 3 rings (SSSR count). The van der Waals surface area contributed by atoms with E-state index < -0.39 is 0 Å². The molecule has 0 bridgehead atoms. The number of hydrogen-bond acceptors (Lipinski definition) is 7. The lowest BCUT2D eigenvalue weighted by Gasteiger charge is -2.05. The van der Waals surface area contributed by atoms with E-state index in [1.54, 1.807) is 7.11 Å². The number of fused-ring (bicyclic) bond motifs is 1. The van der Waals surface area contributed by atoms with Gasteiger partial charge in [-0.2, -0.15) is 19.5 Å². The van der Waals surface area contributed by atoms with Crippen LogP contribution in [0.4, 0.5) is 5.95 Å². The summed E-state index contributed by atoms with van der Waals surface area (Å²) in [5, 5.41) is 4.90. The quantitative estimate of drug-likeness (QED) is 0.710. The van der Waals surface area contributed by atoms with E-state index in [4.69, 9.17) is 10.5 Å². The summed E-state index contributed by atoms with van der Waals surface area (Å²) in [6.07, 6.45) is 1.88. The number of hydrogen-bond donors (Lipinski definition) is 1. The smallest absolute Gasteiger partial charge is 0.258 e. The minimum atomic E-state index is 0.249. The van der Waals surface area contributed by atoms with E-state index >= 15 is 0 Å². The zero-order valence-electron chi connectivity index (χ0n) is 11.2. The van der Waals surface area contributed by atoms with Crippen molar-refractivity contribution in [3.8, 4) is 17.1 Å². The van der Waals surface area contributed by atoms with Crippen LogP contribution in [-0.2, 0) is 0 Å². The van der Waals surface area contributed by atoms with Crippen molar-refractivity contribution in [2.45, 2.75) is 5.16 Å². The monoisotopic (exact) mass is 366 g/mol. The molecule has 0 spiro atoms. The summed E-state index contributed by atoms with van der Waals surface area (Å²) in [7, 11) is 1.60. The number of methoxy groups -OCH3 is 1. The van der Waals surface area contributed by atoms with E-state index in [0.29, 0.717) is 22.5 Å². The molecular weight excluding hydrogens is 356 g/mol. The fourth-order valence-corrected chi connectivity index (χ4v) is 2.54. The summed E-state index contributed by atoms with van der Waals surface area (Å²) in [5.41, 5.74) is 6.64. The van der Waals surface area contributed by atoms with Crippen LogP contribution in [0.2, 0.25) is 0 Å². The van der Waals surface area contributed by atoms with Crippen molar-refractivity contribution >= 4 is 39.4 Å². The van der Waals surface area contributed by atoms with Crippen LogP contribution >= 0.6 is 27.7 Å². The van der Waals surface area contributed by atoms with Crippen LogP contribution in [0, 0.1) is 0 Å². The van der Waals surface area contributed by atoms with Crippen molar-refractivity contribution in [1.29, 1.82) is 0 Å². The Hall–Kier alpha value is -1.87. The maximum absolute atomic E-state index is 5.88. The maximum Gasteiger partial charge on any atom is 0.258 e. The van der Waals surface area contributed by atoms with Gasteiger partial charge in [0.15, 0.2) is 11.0 Å². The molecule has 21 heavy (non-hydrogen) atoms. The van der Waals surface area contributed by atoms with Gasteiger partial charge in [0.25, 0.3) is 5.78 Å². The Bertz CT molecular complexity index is 821. The highest BCUT2D eigenvalue weighted by atomic mass is 79.9. The largest absolute Gasteiger partial charge is 0.496 e. The molecule has 7 nitrogen and oxygen atoms in total. The Labute approximate surface area is 133 Å². The van der Waals surface area contributed by atoms with Crippen LogP contribution in [0.3, 0.4) is 0 Å². The SMILES string of the molecule is COc1cc(Br)ccc1-c1nc2nc(SC)nc(N)n2n1. The number of nitrogens with two attached hydrogens (primary N) is 1. The van der Waals surface area contributed by atoms with Gasteiger partial charge < -0.3 is 10.5 Å². The summed E-state index contributed by atoms with van der Waals surface area (Å²) < 4.78 is 7.69. The number of halogens is 1. The Morgan fingerprint density at radius 1 is 1.29 bits per heavy atom. The molecule has 0 aliphatic rings. The second kappa shape index (κ2) is 5.49. The Morgan fingerprint density at radius 2 is 2.10 bits per heavy atom. The lowest BCUT2D eigenvalue weighted by Crippen LogP contribution is -2.04. The lowest BCUT2D eigenvalue weighted by atomic mass is 10.2. The Morgan fingerprint density at radius 3 is 2.81 bits per heavy atom. The van der Waals surface area contributed by atoms with Gasteiger partial charge in [0.1, 0.15) is 5.75 Å². The van der Waals surface area contributed by atoms with Gasteiger partial charge >= 0.3 is 0 Å². The minimum Gasteiger partial charge on any atom is -0.496 e. The lowest BCUT2D eigenvalue weighted by molar-refractivity contribution is 0.416. The molecule has 0 atom stereocenters. The second-order valence-electron chi connectivity index (χ2n) is 4.06. The van der Waals surface area contributed by atoms with E-state index in [1.165, 1.54) is 16.3 Å². The van der Waals surface area contributed by atoms with Crippen molar-refractivity contribution in [1.82, 2.24) is 24.6 Å². The molecule has 0 amide bonds. The molecule has 2 N–H and O–H groups in total. The second-order valence-corrected chi connectivity index (χ2v) is 5.75. The van der Waals surface area contributed by atoms with Gasteiger partial charge in [0.05, 0.1) is 12.7 Å². The van der Waals surface area contributed by atoms with Gasteiger partial charge in [-0.05, 0) is 24.5 Å². The van der Waals surface area contributed by atoms with E-state index in [-0.39, 0.29) is 5.95 Å². The van der Waals surface area contributed by atoms with Crippen LogP contribution in [0.1, 0.15) is 0 Å². The standard InChI is InChI=1S/C12H11BrN6OS/c1-20-8-5-6(13)3-4-7(8)9-15-11-17-12(21-2)16-10(14)19(11)18-9/h3-5H,1-2H3,(H2,14,15,16,17,18). The van der Waals surface area contributed by atoms with Crippen molar-refractivity contribution < 1.29 is 4.74 Å². The average Bonchev–Trinajstić information content (AvgIpc) is 2.91. The van der Waals surface area contributed by atoms with Crippen LogP contribution < -0.4 is 10.5 Å². The van der Waals surface area contributed by atoms with Gasteiger partial charge in [-0.3, -0.25) is 0 Å². The first-order valence-corrected chi connectivity index (χ1v) is 7.92. The maximum atomic E-state index is 5.88. The highest BCUT2D eigenvalue weighted by molar-refractivity contribution is 9.10. The topological polar surface area (TPSA) is 91.2 Å². The molecule has 108 valence electrons. The average molecular weight is 367 g/mol. The fraction of sp³-hybridized carbons (Fsp3) is 0.167. The summed E-state index contributed by atoms with van der Waals surface area (Å²) >= 11 is 4.80. The first kappa shape index (κ1) is 14.1. The van der Waals surface area contributed by atoms with Crippen molar-refractivity contribution in [2.75, 3.05) is 19.1 Å². The number of benzene rings is 1. The summed E-state index contributed by atoms with van der Waals surface area (Å²) in [6, 6.07) is 5.62. The van der Waals surface area contributed by atoms with E-state index in [0.717, 1.165) is 10.0 Å². The molecule has 0 saturated heterocycles. The minimum absolute atomic E-state index is 0.249. The highest BCUT2D eigenvalue weighted by Gasteiger charge is 2.15. The number of thioether (sulfide) groups is 1. The third kappa shape index (κ3) is 2.54. The molecule has 9 heteroatoms. The van der Waals surface area contributed by atoms with Crippen molar-refractivity contribution in [3.63, 3.8) is 0 Å². The molecule has 0 aliphatic carbocycles. The number of nitrogen functional groups attached to an aromatic ring is 1. The van der Waals surface area contributed by atoms with Crippen molar-refractivity contribution in [3.05, 3.63) is 22.7 Å². The third-order valence-electron chi connectivity index (χ3n) is 2.80. The molecule has 0 unspecified atom stereocenters. The zero-order chi connectivity index (χ0) is 15.0. The summed E-state index contributed by atoms with van der Waals surface area (Å²) in [4.78, 5) is 12.8. The Balaban J connectivity index is 2.20. The van der Waals surface area contributed by atoms with Gasteiger partial charge in [-0.15, -0.1) is 5.10 Å². The summed E-state index contributed by atoms with van der Waals surface area (Å²) in [6.45, 7) is 0. The fourth-order valence-electron chi connectivity index (χ4n) is 1.84.